The summed E-state index contributed by atoms with van der Waals surface area (Å²) in [6, 6.07) is 0.0116. The van der Waals surface area contributed by atoms with Crippen molar-refractivity contribution in [3.05, 3.63) is 0 Å². The first-order chi connectivity index (χ1) is 5.61. The van der Waals surface area contributed by atoms with Gasteiger partial charge in [-0.1, -0.05) is 0 Å². The van der Waals surface area contributed by atoms with Gasteiger partial charge in [0.1, 0.15) is 0 Å². The zero-order chi connectivity index (χ0) is 9.14. The highest BCUT2D eigenvalue weighted by Crippen LogP contribution is 2.06. The molecule has 2 unspecified atom stereocenters. The van der Waals surface area contributed by atoms with Crippen LogP contribution in [-0.2, 0) is 4.79 Å². The van der Waals surface area contributed by atoms with E-state index in [0.29, 0.717) is 13.1 Å². The Morgan fingerprint density at radius 2 is 2.42 bits per heavy atom. The fraction of sp³-hybridized carbons (Fsp3) is 0.857. The number of nitrogens with one attached hydrogen (secondary N) is 1. The van der Waals surface area contributed by atoms with Gasteiger partial charge in [-0.25, -0.2) is 0 Å². The molecule has 5 nitrogen and oxygen atoms in total. The van der Waals surface area contributed by atoms with E-state index in [1.54, 1.807) is 11.9 Å². The van der Waals surface area contributed by atoms with Gasteiger partial charge in [-0.05, 0) is 7.05 Å². The number of amides is 1. The lowest BCUT2D eigenvalue weighted by Gasteiger charge is -2.24. The number of carbonyl (C=O) groups is 1. The number of nitrogens with zero attached hydrogens (tertiary/aromatic N) is 1. The van der Waals surface area contributed by atoms with Gasteiger partial charge in [0.15, 0.2) is 0 Å². The van der Waals surface area contributed by atoms with Crippen molar-refractivity contribution in [1.29, 1.82) is 0 Å². The number of rotatable bonds is 3. The minimum Gasteiger partial charge on any atom is -0.390 e. The highest BCUT2D eigenvalue weighted by atomic mass is 16.3. The molecular formula is C7H15N3O2. The lowest BCUT2D eigenvalue weighted by molar-refractivity contribution is -0.119. The fourth-order valence-electron chi connectivity index (χ4n) is 1.46. The quantitative estimate of drug-likeness (QED) is 0.450. The van der Waals surface area contributed by atoms with Crippen LogP contribution >= 0.6 is 0 Å². The van der Waals surface area contributed by atoms with E-state index in [2.05, 4.69) is 5.32 Å². The number of hydrogen-bond acceptors (Lipinski definition) is 4. The molecule has 0 aliphatic carbocycles. The Labute approximate surface area is 71.5 Å². The number of aliphatic hydroxyl groups is 1. The molecule has 2 atom stereocenters. The van der Waals surface area contributed by atoms with Gasteiger partial charge in [0.25, 0.3) is 0 Å². The van der Waals surface area contributed by atoms with E-state index in [-0.39, 0.29) is 18.5 Å². The van der Waals surface area contributed by atoms with Gasteiger partial charge in [-0.15, -0.1) is 0 Å². The van der Waals surface area contributed by atoms with Crippen molar-refractivity contribution in [2.45, 2.75) is 12.1 Å². The normalized spacial score (nSPS) is 29.6. The Kier molecular flexibility index (Phi) is 3.02. The van der Waals surface area contributed by atoms with Crippen molar-refractivity contribution >= 4 is 5.91 Å². The number of likely N-dealkylation sites (N-methyl/N-ethyl adjacent to an activating group) is 1. The summed E-state index contributed by atoms with van der Waals surface area (Å²) >= 11 is 0. The van der Waals surface area contributed by atoms with Crippen LogP contribution in [0.4, 0.5) is 0 Å². The van der Waals surface area contributed by atoms with Crippen molar-refractivity contribution in [2.24, 2.45) is 5.73 Å². The summed E-state index contributed by atoms with van der Waals surface area (Å²) in [5.74, 6) is -0.364. The maximum absolute atomic E-state index is 10.6. The molecule has 12 heavy (non-hydrogen) atoms. The zero-order valence-corrected chi connectivity index (χ0v) is 7.16. The number of primary amides is 1. The molecule has 0 aromatic carbocycles. The van der Waals surface area contributed by atoms with Crippen LogP contribution in [0, 0.1) is 0 Å². The van der Waals surface area contributed by atoms with Crippen LogP contribution in [0.2, 0.25) is 0 Å². The molecule has 1 fully saturated rings. The molecule has 1 saturated heterocycles. The van der Waals surface area contributed by atoms with Crippen LogP contribution in [0.1, 0.15) is 0 Å². The predicted octanol–water partition coefficient (Wildman–Crippen LogP) is -2.26. The van der Waals surface area contributed by atoms with Crippen LogP contribution in [0.15, 0.2) is 0 Å². The highest BCUT2D eigenvalue weighted by Gasteiger charge is 2.28. The monoisotopic (exact) mass is 173 g/mol. The first-order valence-corrected chi connectivity index (χ1v) is 3.98. The van der Waals surface area contributed by atoms with Gasteiger partial charge in [0.05, 0.1) is 12.6 Å². The van der Waals surface area contributed by atoms with Crippen LogP contribution in [0.3, 0.4) is 0 Å². The standard InChI is InChI=1S/C7H15N3O2/c1-10(4-7(8)12)5-2-9-3-6(5)11/h5-6,9,11H,2-4H2,1H3,(H2,8,12). The van der Waals surface area contributed by atoms with E-state index in [4.69, 9.17) is 5.73 Å². The first kappa shape index (κ1) is 9.44. The molecule has 5 heteroatoms. The minimum absolute atomic E-state index is 0.0116. The van der Waals surface area contributed by atoms with Crippen molar-refractivity contribution in [3.8, 4) is 0 Å². The van der Waals surface area contributed by atoms with Gasteiger partial charge >= 0.3 is 0 Å². The molecule has 1 aliphatic heterocycles. The number of hydrogen-bond donors (Lipinski definition) is 3. The summed E-state index contributed by atoms with van der Waals surface area (Å²) in [5.41, 5.74) is 5.02. The Balaban J connectivity index is 2.40. The molecule has 1 rings (SSSR count). The molecule has 0 aromatic rings. The Morgan fingerprint density at radius 1 is 1.75 bits per heavy atom. The highest BCUT2D eigenvalue weighted by molar-refractivity contribution is 5.75. The summed E-state index contributed by atoms with van der Waals surface area (Å²) in [4.78, 5) is 12.3. The average Bonchev–Trinajstić information content (AvgIpc) is 2.33. The van der Waals surface area contributed by atoms with Gasteiger partial charge in [-0.3, -0.25) is 9.69 Å². The summed E-state index contributed by atoms with van der Waals surface area (Å²) in [6.07, 6.45) is -0.394. The summed E-state index contributed by atoms with van der Waals surface area (Å²) in [5, 5.41) is 12.4. The SMILES string of the molecule is CN(CC(N)=O)C1CNCC1O. The third-order valence-electron chi connectivity index (χ3n) is 2.12. The van der Waals surface area contributed by atoms with Crippen LogP contribution in [0.25, 0.3) is 0 Å². The van der Waals surface area contributed by atoms with E-state index in [9.17, 15) is 9.90 Å². The molecule has 70 valence electrons. The van der Waals surface area contributed by atoms with Gasteiger partial charge in [-0.2, -0.15) is 0 Å². The zero-order valence-electron chi connectivity index (χ0n) is 7.16. The van der Waals surface area contributed by atoms with Crippen LogP contribution < -0.4 is 11.1 Å². The predicted molar refractivity (Wildman–Crippen MR) is 44.5 cm³/mol. The smallest absolute Gasteiger partial charge is 0.231 e. The molecule has 1 amide bonds. The number of carbonyl (C=O) groups excluding carboxylic acids is 1. The summed E-state index contributed by atoms with van der Waals surface area (Å²) in [7, 11) is 1.78. The summed E-state index contributed by atoms with van der Waals surface area (Å²) in [6.45, 7) is 1.50. The minimum atomic E-state index is -0.394. The van der Waals surface area contributed by atoms with E-state index in [1.807, 2.05) is 0 Å². The maximum atomic E-state index is 10.6. The first-order valence-electron chi connectivity index (χ1n) is 3.98. The second-order valence-corrected chi connectivity index (χ2v) is 3.17. The Bertz CT molecular complexity index is 174. The Morgan fingerprint density at radius 3 is 2.83 bits per heavy atom. The molecular weight excluding hydrogens is 158 g/mol. The molecule has 0 radical (unpaired) electrons. The topological polar surface area (TPSA) is 78.6 Å². The molecule has 1 aliphatic rings. The van der Waals surface area contributed by atoms with Crippen molar-refractivity contribution in [3.63, 3.8) is 0 Å². The van der Waals surface area contributed by atoms with Crippen molar-refractivity contribution in [1.82, 2.24) is 10.2 Å². The number of β-amino-alcohol motifs (C(OH)–C–C–N with tert-alkyl or cyclic N) is 1. The van der Waals surface area contributed by atoms with Gasteiger partial charge < -0.3 is 16.2 Å². The van der Waals surface area contributed by atoms with Crippen LogP contribution in [-0.4, -0.2) is 54.7 Å². The second-order valence-electron chi connectivity index (χ2n) is 3.17. The van der Waals surface area contributed by atoms with Crippen molar-refractivity contribution < 1.29 is 9.90 Å². The molecule has 0 spiro atoms. The van der Waals surface area contributed by atoms with E-state index >= 15 is 0 Å². The average molecular weight is 173 g/mol. The fourth-order valence-corrected chi connectivity index (χ4v) is 1.46. The third kappa shape index (κ3) is 2.17. The molecule has 0 saturated carbocycles. The maximum Gasteiger partial charge on any atom is 0.231 e. The lowest BCUT2D eigenvalue weighted by atomic mass is 10.2. The van der Waals surface area contributed by atoms with Crippen LogP contribution in [0.5, 0.6) is 0 Å². The third-order valence-corrected chi connectivity index (χ3v) is 2.12. The summed E-state index contributed by atoms with van der Waals surface area (Å²) < 4.78 is 0. The molecule has 1 heterocycles. The Hall–Kier alpha value is -0.650. The number of nitrogens with two attached hydrogens (primary N) is 1. The van der Waals surface area contributed by atoms with Gasteiger partial charge in [0, 0.05) is 19.1 Å². The van der Waals surface area contributed by atoms with E-state index in [0.717, 1.165) is 0 Å². The molecule has 0 bridgehead atoms. The molecule has 4 N–H and O–H groups in total. The second kappa shape index (κ2) is 3.84. The molecule has 0 aromatic heterocycles. The largest absolute Gasteiger partial charge is 0.390 e. The lowest BCUT2D eigenvalue weighted by Crippen LogP contribution is -2.44. The van der Waals surface area contributed by atoms with Gasteiger partial charge in [0.2, 0.25) is 5.91 Å². The van der Waals surface area contributed by atoms with Crippen molar-refractivity contribution in [2.75, 3.05) is 26.7 Å². The number of aliphatic hydroxyl groups excluding tert-OH is 1. The van der Waals surface area contributed by atoms with E-state index in [1.165, 1.54) is 0 Å². The van der Waals surface area contributed by atoms with E-state index < -0.39 is 6.10 Å².